The lowest BCUT2D eigenvalue weighted by atomic mass is 10.2. The highest BCUT2D eigenvalue weighted by Gasteiger charge is 2.05. The first-order valence-electron chi connectivity index (χ1n) is 5.46. The zero-order valence-corrected chi connectivity index (χ0v) is 9.49. The van der Waals surface area contributed by atoms with Crippen molar-refractivity contribution in [2.24, 2.45) is 5.73 Å². The van der Waals surface area contributed by atoms with Crippen molar-refractivity contribution >= 4 is 0 Å². The molecule has 0 amide bonds. The van der Waals surface area contributed by atoms with Gasteiger partial charge < -0.3 is 15.2 Å². The molecular formula is C12H18FNO2. The van der Waals surface area contributed by atoms with Crippen LogP contribution < -0.4 is 10.5 Å². The molecule has 0 saturated carbocycles. The maximum absolute atomic E-state index is 12.6. The summed E-state index contributed by atoms with van der Waals surface area (Å²) in [6.07, 6.45) is 0.771. The third kappa shape index (κ3) is 4.59. The van der Waals surface area contributed by atoms with Crippen LogP contribution in [0, 0.1) is 5.82 Å². The van der Waals surface area contributed by atoms with Crippen molar-refractivity contribution in [1.82, 2.24) is 0 Å². The molecule has 90 valence electrons. The Kier molecular flexibility index (Phi) is 5.82. The summed E-state index contributed by atoms with van der Waals surface area (Å²) in [7, 11) is 0. The van der Waals surface area contributed by atoms with Gasteiger partial charge in [0.25, 0.3) is 0 Å². The molecule has 1 atom stereocenters. The van der Waals surface area contributed by atoms with E-state index in [4.69, 9.17) is 15.2 Å². The number of nitrogens with two attached hydrogens (primary N) is 1. The van der Waals surface area contributed by atoms with Crippen LogP contribution in [0.3, 0.4) is 0 Å². The van der Waals surface area contributed by atoms with Gasteiger partial charge in [-0.05, 0) is 31.2 Å². The summed E-state index contributed by atoms with van der Waals surface area (Å²) in [6.45, 7) is 3.59. The van der Waals surface area contributed by atoms with Gasteiger partial charge in [-0.1, -0.05) is 0 Å². The Bertz CT molecular complexity index is 290. The summed E-state index contributed by atoms with van der Waals surface area (Å²) in [4.78, 5) is 0. The first-order valence-corrected chi connectivity index (χ1v) is 5.46. The molecule has 0 bridgehead atoms. The number of ether oxygens (including phenoxy) is 2. The highest BCUT2D eigenvalue weighted by molar-refractivity contribution is 5.21. The fraction of sp³-hybridized carbons (Fsp3) is 0.500. The van der Waals surface area contributed by atoms with Crippen molar-refractivity contribution in [3.63, 3.8) is 0 Å². The Balaban J connectivity index is 2.26. The van der Waals surface area contributed by atoms with Gasteiger partial charge in [0.1, 0.15) is 11.6 Å². The maximum atomic E-state index is 12.6. The fourth-order valence-corrected chi connectivity index (χ4v) is 1.34. The van der Waals surface area contributed by atoms with Gasteiger partial charge in [-0.25, -0.2) is 4.39 Å². The van der Waals surface area contributed by atoms with Gasteiger partial charge in [-0.2, -0.15) is 0 Å². The normalized spacial score (nSPS) is 12.4. The van der Waals surface area contributed by atoms with E-state index in [2.05, 4.69) is 0 Å². The summed E-state index contributed by atoms with van der Waals surface area (Å²) in [5.41, 5.74) is 5.53. The number of benzene rings is 1. The lowest BCUT2D eigenvalue weighted by Crippen LogP contribution is -2.25. The van der Waals surface area contributed by atoms with E-state index in [1.165, 1.54) is 12.1 Å². The molecule has 0 fully saturated rings. The van der Waals surface area contributed by atoms with Crippen LogP contribution in [0.4, 0.5) is 4.39 Å². The van der Waals surface area contributed by atoms with Gasteiger partial charge in [0.15, 0.2) is 0 Å². The smallest absolute Gasteiger partial charge is 0.123 e. The standard InChI is InChI=1S/C12H18FNO2/c1-2-15-12(9-14)7-8-16-11-5-3-10(13)4-6-11/h3-6,12H,2,7-9,14H2,1H3. The molecule has 0 heterocycles. The Labute approximate surface area is 95.4 Å². The van der Waals surface area contributed by atoms with E-state index in [1.54, 1.807) is 12.1 Å². The molecular weight excluding hydrogens is 209 g/mol. The summed E-state index contributed by atoms with van der Waals surface area (Å²) in [5.74, 6) is 0.398. The average molecular weight is 227 g/mol. The first kappa shape index (κ1) is 12.9. The van der Waals surface area contributed by atoms with Crippen molar-refractivity contribution < 1.29 is 13.9 Å². The number of hydrogen-bond acceptors (Lipinski definition) is 3. The number of rotatable bonds is 7. The van der Waals surface area contributed by atoms with Gasteiger partial charge >= 0.3 is 0 Å². The third-order valence-corrected chi connectivity index (χ3v) is 2.19. The average Bonchev–Trinajstić information content (AvgIpc) is 2.30. The molecule has 0 radical (unpaired) electrons. The second-order valence-electron chi connectivity index (χ2n) is 3.40. The van der Waals surface area contributed by atoms with E-state index in [0.717, 1.165) is 6.42 Å². The van der Waals surface area contributed by atoms with Crippen LogP contribution in [-0.2, 0) is 4.74 Å². The first-order chi connectivity index (χ1) is 7.76. The molecule has 0 saturated heterocycles. The molecule has 3 nitrogen and oxygen atoms in total. The van der Waals surface area contributed by atoms with E-state index in [-0.39, 0.29) is 11.9 Å². The molecule has 1 aromatic carbocycles. The third-order valence-electron chi connectivity index (χ3n) is 2.19. The van der Waals surface area contributed by atoms with Crippen LogP contribution in [0.1, 0.15) is 13.3 Å². The molecule has 0 spiro atoms. The quantitative estimate of drug-likeness (QED) is 0.774. The molecule has 1 aromatic rings. The van der Waals surface area contributed by atoms with Crippen molar-refractivity contribution in [1.29, 1.82) is 0 Å². The van der Waals surface area contributed by atoms with E-state index >= 15 is 0 Å². The molecule has 1 unspecified atom stereocenters. The Hall–Kier alpha value is -1.13. The largest absolute Gasteiger partial charge is 0.493 e. The van der Waals surface area contributed by atoms with E-state index in [1.807, 2.05) is 6.92 Å². The van der Waals surface area contributed by atoms with Crippen molar-refractivity contribution in [3.8, 4) is 5.75 Å². The highest BCUT2D eigenvalue weighted by Crippen LogP contribution is 2.11. The van der Waals surface area contributed by atoms with E-state index < -0.39 is 0 Å². The number of halogens is 1. The Morgan fingerprint density at radius 1 is 1.31 bits per heavy atom. The fourth-order valence-electron chi connectivity index (χ4n) is 1.34. The summed E-state index contributed by atoms with van der Waals surface area (Å²) in [6, 6.07) is 5.96. The van der Waals surface area contributed by atoms with E-state index in [0.29, 0.717) is 25.5 Å². The van der Waals surface area contributed by atoms with Crippen LogP contribution in [0.25, 0.3) is 0 Å². The summed E-state index contributed by atoms with van der Waals surface area (Å²) < 4.78 is 23.4. The minimum atomic E-state index is -0.262. The minimum Gasteiger partial charge on any atom is -0.493 e. The van der Waals surface area contributed by atoms with Gasteiger partial charge in [0.2, 0.25) is 0 Å². The van der Waals surface area contributed by atoms with E-state index in [9.17, 15) is 4.39 Å². The molecule has 1 rings (SSSR count). The second-order valence-corrected chi connectivity index (χ2v) is 3.40. The molecule has 16 heavy (non-hydrogen) atoms. The summed E-state index contributed by atoms with van der Waals surface area (Å²) in [5, 5.41) is 0. The maximum Gasteiger partial charge on any atom is 0.123 e. The Morgan fingerprint density at radius 3 is 2.56 bits per heavy atom. The molecule has 0 aromatic heterocycles. The number of hydrogen-bond donors (Lipinski definition) is 1. The van der Waals surface area contributed by atoms with Crippen molar-refractivity contribution in [2.75, 3.05) is 19.8 Å². The molecule has 0 aliphatic rings. The second kappa shape index (κ2) is 7.19. The van der Waals surface area contributed by atoms with Crippen molar-refractivity contribution in [2.45, 2.75) is 19.4 Å². The van der Waals surface area contributed by atoms with Gasteiger partial charge in [-0.15, -0.1) is 0 Å². The lowest BCUT2D eigenvalue weighted by molar-refractivity contribution is 0.0527. The molecule has 4 heteroatoms. The van der Waals surface area contributed by atoms with Gasteiger partial charge in [0, 0.05) is 19.6 Å². The lowest BCUT2D eigenvalue weighted by Gasteiger charge is -2.15. The molecule has 0 aliphatic carbocycles. The minimum absolute atomic E-state index is 0.0328. The van der Waals surface area contributed by atoms with Crippen LogP contribution >= 0.6 is 0 Å². The van der Waals surface area contributed by atoms with Crippen molar-refractivity contribution in [3.05, 3.63) is 30.1 Å². The van der Waals surface area contributed by atoms with Gasteiger partial charge in [0.05, 0.1) is 12.7 Å². The zero-order valence-electron chi connectivity index (χ0n) is 9.49. The highest BCUT2D eigenvalue weighted by atomic mass is 19.1. The topological polar surface area (TPSA) is 44.5 Å². The Morgan fingerprint density at radius 2 is 2.00 bits per heavy atom. The predicted molar refractivity (Wildman–Crippen MR) is 61.0 cm³/mol. The van der Waals surface area contributed by atoms with Crippen LogP contribution in [-0.4, -0.2) is 25.9 Å². The van der Waals surface area contributed by atoms with Crippen LogP contribution in [0.15, 0.2) is 24.3 Å². The molecule has 0 aliphatic heterocycles. The summed E-state index contributed by atoms with van der Waals surface area (Å²) >= 11 is 0. The SMILES string of the molecule is CCOC(CN)CCOc1ccc(F)cc1. The predicted octanol–water partition coefficient (Wildman–Crippen LogP) is 1.96. The molecule has 2 N–H and O–H groups in total. The monoisotopic (exact) mass is 227 g/mol. The zero-order chi connectivity index (χ0) is 11.8. The van der Waals surface area contributed by atoms with Crippen LogP contribution in [0.2, 0.25) is 0 Å². The van der Waals surface area contributed by atoms with Gasteiger partial charge in [-0.3, -0.25) is 0 Å². The van der Waals surface area contributed by atoms with Crippen LogP contribution in [0.5, 0.6) is 5.75 Å².